The number of nitrogens with zero attached hydrogens (tertiary/aromatic N) is 3. The number of para-hydroxylation sites is 3. The summed E-state index contributed by atoms with van der Waals surface area (Å²) in [5.41, 5.74) is 12.9. The SMILES string of the molecule is Cc1cc[n+](C)c(-c2cccc(-c3n(-c4c(C(C)C)cccc4C(C)C)c4ccccc4[n+]3C)c2C)c1. The first kappa shape index (κ1) is 25.0. The molecule has 0 N–H and O–H groups in total. The first-order chi connectivity index (χ1) is 17.7. The number of hydrogen-bond acceptors (Lipinski definition) is 0. The van der Waals surface area contributed by atoms with Gasteiger partial charge >= 0.3 is 0 Å². The molecule has 0 amide bonds. The van der Waals surface area contributed by atoms with Crippen molar-refractivity contribution in [1.82, 2.24) is 4.57 Å². The zero-order valence-corrected chi connectivity index (χ0v) is 23.5. The molecule has 2 heterocycles. The molecule has 0 spiro atoms. The maximum atomic E-state index is 2.53. The van der Waals surface area contributed by atoms with E-state index in [2.05, 4.69) is 148 Å². The molecule has 5 rings (SSSR count). The minimum atomic E-state index is 0.409. The number of aromatic nitrogens is 3. The van der Waals surface area contributed by atoms with Gasteiger partial charge in [-0.05, 0) is 61.1 Å². The fraction of sp³-hybridized carbons (Fsp3) is 0.294. The third kappa shape index (κ3) is 4.17. The molecule has 3 aromatic carbocycles. The van der Waals surface area contributed by atoms with Gasteiger partial charge < -0.3 is 0 Å². The van der Waals surface area contributed by atoms with Gasteiger partial charge in [0.1, 0.15) is 12.7 Å². The Labute approximate surface area is 221 Å². The lowest BCUT2D eigenvalue weighted by Gasteiger charge is -2.19. The number of fused-ring (bicyclic) bond motifs is 1. The van der Waals surface area contributed by atoms with Gasteiger partial charge in [0.15, 0.2) is 17.2 Å². The Hall–Kier alpha value is -3.72. The van der Waals surface area contributed by atoms with Crippen LogP contribution in [0.3, 0.4) is 0 Å². The number of aryl methyl sites for hydroxylation is 3. The van der Waals surface area contributed by atoms with E-state index in [-0.39, 0.29) is 0 Å². The Morgan fingerprint density at radius 2 is 1.32 bits per heavy atom. The molecule has 37 heavy (non-hydrogen) atoms. The van der Waals surface area contributed by atoms with Gasteiger partial charge in [-0.3, -0.25) is 0 Å². The van der Waals surface area contributed by atoms with Crippen LogP contribution in [0.1, 0.15) is 61.8 Å². The molecule has 5 aromatic rings. The lowest BCUT2D eigenvalue weighted by molar-refractivity contribution is -0.660. The fourth-order valence-corrected chi connectivity index (χ4v) is 5.71. The number of benzene rings is 3. The molecule has 0 atom stereocenters. The normalized spacial score (nSPS) is 11.7. The van der Waals surface area contributed by atoms with Gasteiger partial charge in [-0.25, -0.2) is 9.13 Å². The quantitative estimate of drug-likeness (QED) is 0.227. The standard InChI is InChI=1S/C34H39N3/c1-22(2)26-13-11-14-27(23(3)4)33(26)37-31-18-10-9-17-30(31)36(8)34(37)29-16-12-15-28(25(29)6)32-21-24(5)19-20-35(32)7/h9-23H,1-8H3/q+2. The monoisotopic (exact) mass is 489 g/mol. The highest BCUT2D eigenvalue weighted by atomic mass is 15.2. The van der Waals surface area contributed by atoms with Crippen molar-refractivity contribution in [2.45, 2.75) is 53.4 Å². The van der Waals surface area contributed by atoms with Gasteiger partial charge in [0.2, 0.25) is 5.69 Å². The van der Waals surface area contributed by atoms with Crippen molar-refractivity contribution < 1.29 is 9.13 Å². The average Bonchev–Trinajstić information content (AvgIpc) is 3.17. The molecular weight excluding hydrogens is 450 g/mol. The summed E-state index contributed by atoms with van der Waals surface area (Å²) in [4.78, 5) is 0. The summed E-state index contributed by atoms with van der Waals surface area (Å²) in [5, 5.41) is 0. The smallest absolute Gasteiger partial charge is 0.225 e. The van der Waals surface area contributed by atoms with Crippen LogP contribution >= 0.6 is 0 Å². The summed E-state index contributed by atoms with van der Waals surface area (Å²) in [5.74, 6) is 2.03. The molecule has 0 bridgehead atoms. The maximum absolute atomic E-state index is 2.53. The second kappa shape index (κ2) is 9.63. The Balaban J connectivity index is 1.91. The van der Waals surface area contributed by atoms with Crippen molar-refractivity contribution in [3.63, 3.8) is 0 Å². The van der Waals surface area contributed by atoms with E-state index in [0.717, 1.165) is 0 Å². The van der Waals surface area contributed by atoms with Gasteiger partial charge in [0.05, 0.1) is 12.6 Å². The zero-order valence-electron chi connectivity index (χ0n) is 23.5. The molecule has 0 unspecified atom stereocenters. The van der Waals surface area contributed by atoms with Crippen molar-refractivity contribution in [1.29, 1.82) is 0 Å². The number of imidazole rings is 1. The van der Waals surface area contributed by atoms with Crippen molar-refractivity contribution in [2.75, 3.05) is 0 Å². The number of rotatable bonds is 5. The lowest BCUT2D eigenvalue weighted by Crippen LogP contribution is -2.32. The first-order valence-corrected chi connectivity index (χ1v) is 13.4. The van der Waals surface area contributed by atoms with E-state index in [1.807, 2.05) is 0 Å². The van der Waals surface area contributed by atoms with E-state index in [1.165, 1.54) is 61.6 Å². The molecule has 3 nitrogen and oxygen atoms in total. The number of pyridine rings is 1. The topological polar surface area (TPSA) is 12.7 Å². The Kier molecular flexibility index (Phi) is 6.49. The molecule has 0 aliphatic heterocycles. The largest absolute Gasteiger partial charge is 0.295 e. The highest BCUT2D eigenvalue weighted by molar-refractivity contribution is 5.82. The lowest BCUT2D eigenvalue weighted by atomic mass is 9.92. The van der Waals surface area contributed by atoms with Crippen molar-refractivity contribution in [3.8, 4) is 28.3 Å². The molecule has 0 saturated heterocycles. The first-order valence-electron chi connectivity index (χ1n) is 13.4. The van der Waals surface area contributed by atoms with E-state index in [9.17, 15) is 0 Å². The van der Waals surface area contributed by atoms with E-state index in [4.69, 9.17) is 0 Å². The summed E-state index contributed by atoms with van der Waals surface area (Å²) in [6, 6.07) is 26.8. The molecule has 188 valence electrons. The van der Waals surface area contributed by atoms with Crippen LogP contribution in [0.15, 0.2) is 79.0 Å². The van der Waals surface area contributed by atoms with Crippen molar-refractivity contribution >= 4 is 11.0 Å². The summed E-state index contributed by atoms with van der Waals surface area (Å²) in [7, 11) is 4.34. The molecule has 0 fully saturated rings. The highest BCUT2D eigenvalue weighted by Gasteiger charge is 2.32. The average molecular weight is 490 g/mol. The minimum Gasteiger partial charge on any atom is -0.225 e. The van der Waals surface area contributed by atoms with E-state index >= 15 is 0 Å². The Morgan fingerprint density at radius 3 is 2.00 bits per heavy atom. The van der Waals surface area contributed by atoms with E-state index in [0.29, 0.717) is 11.8 Å². The van der Waals surface area contributed by atoms with E-state index in [1.54, 1.807) is 0 Å². The summed E-state index contributed by atoms with van der Waals surface area (Å²) in [6.07, 6.45) is 2.15. The van der Waals surface area contributed by atoms with Crippen LogP contribution < -0.4 is 9.13 Å². The van der Waals surface area contributed by atoms with Crippen LogP contribution in [0, 0.1) is 13.8 Å². The fourth-order valence-electron chi connectivity index (χ4n) is 5.71. The predicted molar refractivity (Wildman–Crippen MR) is 154 cm³/mol. The van der Waals surface area contributed by atoms with Crippen LogP contribution in [0.2, 0.25) is 0 Å². The summed E-state index contributed by atoms with van der Waals surface area (Å²) < 4.78 is 7.13. The van der Waals surface area contributed by atoms with E-state index < -0.39 is 0 Å². The van der Waals surface area contributed by atoms with Gasteiger partial charge in [-0.15, -0.1) is 0 Å². The van der Waals surface area contributed by atoms with Crippen molar-refractivity contribution in [3.05, 3.63) is 101 Å². The number of hydrogen-bond donors (Lipinski definition) is 0. The Bertz CT molecular complexity index is 1590. The molecule has 0 radical (unpaired) electrons. The Morgan fingerprint density at radius 1 is 0.703 bits per heavy atom. The summed E-state index contributed by atoms with van der Waals surface area (Å²) >= 11 is 0. The molecule has 0 saturated carbocycles. The predicted octanol–water partition coefficient (Wildman–Crippen LogP) is 7.48. The molecule has 3 heteroatoms. The third-order valence-corrected chi connectivity index (χ3v) is 7.74. The summed E-state index contributed by atoms with van der Waals surface area (Å²) in [6.45, 7) is 13.6. The highest BCUT2D eigenvalue weighted by Crippen LogP contribution is 2.38. The van der Waals surface area contributed by atoms with Crippen LogP contribution in [-0.4, -0.2) is 4.57 Å². The van der Waals surface area contributed by atoms with Gasteiger partial charge in [-0.2, -0.15) is 4.57 Å². The molecule has 2 aromatic heterocycles. The second-order valence-corrected chi connectivity index (χ2v) is 11.0. The van der Waals surface area contributed by atoms with Crippen LogP contribution in [-0.2, 0) is 14.1 Å². The van der Waals surface area contributed by atoms with Gasteiger partial charge in [0.25, 0.3) is 5.82 Å². The molecule has 0 aliphatic carbocycles. The van der Waals surface area contributed by atoms with Crippen molar-refractivity contribution in [2.24, 2.45) is 14.1 Å². The van der Waals surface area contributed by atoms with Crippen LogP contribution in [0.25, 0.3) is 39.4 Å². The van der Waals surface area contributed by atoms with Crippen LogP contribution in [0.5, 0.6) is 0 Å². The minimum absolute atomic E-state index is 0.409. The zero-order chi connectivity index (χ0) is 26.4. The molecule has 0 aliphatic rings. The van der Waals surface area contributed by atoms with Gasteiger partial charge in [-0.1, -0.05) is 64.1 Å². The molecular formula is C34H39N3+2. The maximum Gasteiger partial charge on any atom is 0.295 e. The third-order valence-electron chi connectivity index (χ3n) is 7.74. The van der Waals surface area contributed by atoms with Gasteiger partial charge in [0, 0.05) is 28.8 Å². The second-order valence-electron chi connectivity index (χ2n) is 11.0. The van der Waals surface area contributed by atoms with Crippen LogP contribution in [0.4, 0.5) is 0 Å².